The number of rotatable bonds is 5. The predicted molar refractivity (Wildman–Crippen MR) is 132 cm³/mol. The normalized spacial score (nSPS) is 11.6. The molecule has 168 valence electrons. The lowest BCUT2D eigenvalue weighted by Gasteiger charge is -2.08. The molecule has 3 aromatic carbocycles. The number of carbonyl (C=O) groups is 1. The highest BCUT2D eigenvalue weighted by atomic mass is 16.5. The first-order chi connectivity index (χ1) is 16.5. The number of aromatic hydroxyl groups is 1. The molecule has 0 bridgehead atoms. The summed E-state index contributed by atoms with van der Waals surface area (Å²) < 4.78 is 4.82. The van der Waals surface area contributed by atoms with Gasteiger partial charge in [-0.05, 0) is 43.3 Å². The van der Waals surface area contributed by atoms with Crippen molar-refractivity contribution in [1.29, 1.82) is 0 Å². The molecule has 0 atom stereocenters. The number of carbonyl (C=O) groups excluding carboxylic acids is 1. The predicted octanol–water partition coefficient (Wildman–Crippen LogP) is 5.53. The van der Waals surface area contributed by atoms with Gasteiger partial charge in [0.25, 0.3) is 0 Å². The zero-order valence-electron chi connectivity index (χ0n) is 18.7. The van der Waals surface area contributed by atoms with Gasteiger partial charge in [-0.25, -0.2) is 14.8 Å². The molecular weight excluding hydrogens is 428 g/mol. The lowest BCUT2D eigenvalue weighted by Crippen LogP contribution is -2.03. The topological polar surface area (TPSA) is 103 Å². The smallest absolute Gasteiger partial charge is 0.337 e. The first kappa shape index (κ1) is 21.2. The molecule has 0 spiro atoms. The molecule has 0 aliphatic rings. The van der Waals surface area contributed by atoms with Gasteiger partial charge in [-0.15, -0.1) is 0 Å². The van der Waals surface area contributed by atoms with E-state index in [1.54, 1.807) is 24.4 Å². The number of H-pyrrole nitrogens is 2. The second-order valence-electron chi connectivity index (χ2n) is 7.89. The van der Waals surface area contributed by atoms with Gasteiger partial charge in [0, 0.05) is 33.9 Å². The number of methoxy groups -OCH3 is 1. The van der Waals surface area contributed by atoms with E-state index in [4.69, 9.17) is 9.73 Å². The number of aryl methyl sites for hydroxylation is 1. The number of benzene rings is 3. The van der Waals surface area contributed by atoms with E-state index in [0.29, 0.717) is 22.4 Å². The van der Waals surface area contributed by atoms with Crippen molar-refractivity contribution in [3.05, 3.63) is 101 Å². The maximum absolute atomic E-state index is 11.9. The van der Waals surface area contributed by atoms with Gasteiger partial charge < -0.3 is 19.8 Å². The number of aliphatic imine (C=N–C) groups is 1. The summed E-state index contributed by atoms with van der Waals surface area (Å²) in [5, 5.41) is 11.6. The van der Waals surface area contributed by atoms with Crippen molar-refractivity contribution in [2.45, 2.75) is 6.92 Å². The molecule has 7 heteroatoms. The molecule has 2 aromatic heterocycles. The van der Waals surface area contributed by atoms with Crippen molar-refractivity contribution in [2.24, 2.45) is 4.99 Å². The van der Waals surface area contributed by atoms with Crippen molar-refractivity contribution < 1.29 is 14.6 Å². The molecule has 5 rings (SSSR count). The van der Waals surface area contributed by atoms with Crippen LogP contribution in [-0.4, -0.2) is 38.8 Å². The Hall–Kier alpha value is -4.65. The average molecular weight is 450 g/mol. The van der Waals surface area contributed by atoms with Crippen LogP contribution in [0, 0.1) is 6.92 Å². The minimum absolute atomic E-state index is 0.0256. The van der Waals surface area contributed by atoms with Crippen LogP contribution in [0.4, 0.5) is 5.69 Å². The first-order valence-corrected chi connectivity index (χ1v) is 10.7. The molecule has 0 unspecified atom stereocenters. The lowest BCUT2D eigenvalue weighted by molar-refractivity contribution is 0.0601. The van der Waals surface area contributed by atoms with Crippen LogP contribution in [-0.2, 0) is 4.74 Å². The fourth-order valence-electron chi connectivity index (χ4n) is 3.91. The molecule has 34 heavy (non-hydrogen) atoms. The van der Waals surface area contributed by atoms with E-state index in [-0.39, 0.29) is 5.88 Å². The number of aromatic nitrogens is 3. The Labute approximate surface area is 195 Å². The van der Waals surface area contributed by atoms with Gasteiger partial charge in [-0.3, -0.25) is 0 Å². The zero-order chi connectivity index (χ0) is 23.7. The van der Waals surface area contributed by atoms with Gasteiger partial charge in [0.1, 0.15) is 5.82 Å². The summed E-state index contributed by atoms with van der Waals surface area (Å²) in [5.74, 6) is 0.329. The fourth-order valence-corrected chi connectivity index (χ4v) is 3.91. The fraction of sp³-hybridized carbons (Fsp3) is 0.0741. The number of hydrogen-bond donors (Lipinski definition) is 3. The van der Waals surface area contributed by atoms with Crippen LogP contribution >= 0.6 is 0 Å². The van der Waals surface area contributed by atoms with Crippen molar-refractivity contribution in [1.82, 2.24) is 15.0 Å². The Morgan fingerprint density at radius 3 is 2.41 bits per heavy atom. The van der Waals surface area contributed by atoms with Gasteiger partial charge in [0.05, 0.1) is 29.6 Å². The molecule has 0 aliphatic heterocycles. The Morgan fingerprint density at radius 1 is 0.971 bits per heavy atom. The zero-order valence-corrected chi connectivity index (χ0v) is 18.7. The largest absolute Gasteiger partial charge is 0.494 e. The summed E-state index contributed by atoms with van der Waals surface area (Å²) in [5.41, 5.74) is 5.70. The SMILES string of the molecule is COC(=O)c1ccc2c(C(=Nc3ccc(-c4ncc(C)[nH]4)cc3)c3ccccc3)c(O)[nH]c2c1. The van der Waals surface area contributed by atoms with Crippen LogP contribution in [0.15, 0.2) is 84.0 Å². The van der Waals surface area contributed by atoms with E-state index in [1.165, 1.54) is 7.11 Å². The van der Waals surface area contributed by atoms with Gasteiger partial charge in [0.2, 0.25) is 0 Å². The average Bonchev–Trinajstić information content (AvgIpc) is 3.44. The maximum atomic E-state index is 11.9. The molecule has 0 radical (unpaired) electrons. The Bertz CT molecular complexity index is 1510. The third-order valence-electron chi connectivity index (χ3n) is 5.57. The number of ether oxygens (including phenoxy) is 1. The monoisotopic (exact) mass is 450 g/mol. The highest BCUT2D eigenvalue weighted by Gasteiger charge is 2.20. The second-order valence-corrected chi connectivity index (χ2v) is 7.89. The Kier molecular flexibility index (Phi) is 5.43. The van der Waals surface area contributed by atoms with E-state index in [0.717, 1.165) is 33.7 Å². The van der Waals surface area contributed by atoms with Crippen molar-refractivity contribution in [3.63, 3.8) is 0 Å². The summed E-state index contributed by atoms with van der Waals surface area (Å²) in [6, 6.07) is 22.5. The molecule has 7 nitrogen and oxygen atoms in total. The second kappa shape index (κ2) is 8.71. The number of aromatic amines is 2. The lowest BCUT2D eigenvalue weighted by atomic mass is 10.00. The highest BCUT2D eigenvalue weighted by molar-refractivity contribution is 6.22. The quantitative estimate of drug-likeness (QED) is 0.242. The molecule has 0 saturated heterocycles. The molecule has 2 heterocycles. The van der Waals surface area contributed by atoms with E-state index in [2.05, 4.69) is 15.0 Å². The van der Waals surface area contributed by atoms with Crippen molar-refractivity contribution in [3.8, 4) is 17.3 Å². The number of nitrogens with zero attached hydrogens (tertiary/aromatic N) is 2. The summed E-state index contributed by atoms with van der Waals surface area (Å²) in [7, 11) is 1.34. The maximum Gasteiger partial charge on any atom is 0.337 e. The van der Waals surface area contributed by atoms with Crippen LogP contribution in [0.1, 0.15) is 27.2 Å². The van der Waals surface area contributed by atoms with Gasteiger partial charge in [0.15, 0.2) is 5.88 Å². The van der Waals surface area contributed by atoms with Crippen LogP contribution in [0.25, 0.3) is 22.3 Å². The van der Waals surface area contributed by atoms with Crippen molar-refractivity contribution >= 4 is 28.3 Å². The van der Waals surface area contributed by atoms with E-state index in [1.807, 2.05) is 61.5 Å². The number of hydrogen-bond acceptors (Lipinski definition) is 5. The third-order valence-corrected chi connectivity index (χ3v) is 5.57. The molecule has 0 amide bonds. The van der Waals surface area contributed by atoms with E-state index in [9.17, 15) is 9.90 Å². The standard InChI is InChI=1S/C27H22N4O3/c1-16-15-28-25(29-16)18-8-11-20(12-9-18)30-24(17-6-4-3-5-7-17)23-21-13-10-19(27(33)34-2)14-22(21)31-26(23)32/h3-15,31-32H,1-2H3,(H,28,29). The molecular formula is C27H22N4O3. The van der Waals surface area contributed by atoms with Crippen LogP contribution in [0.5, 0.6) is 5.88 Å². The third kappa shape index (κ3) is 3.95. The molecule has 0 saturated carbocycles. The summed E-state index contributed by atoms with van der Waals surface area (Å²) in [6.45, 7) is 1.96. The minimum atomic E-state index is -0.443. The number of imidazole rings is 1. The van der Waals surface area contributed by atoms with Crippen molar-refractivity contribution in [2.75, 3.05) is 7.11 Å². The van der Waals surface area contributed by atoms with E-state index < -0.39 is 5.97 Å². The Morgan fingerprint density at radius 2 is 1.74 bits per heavy atom. The van der Waals surface area contributed by atoms with Gasteiger partial charge in [-0.2, -0.15) is 0 Å². The van der Waals surface area contributed by atoms with E-state index >= 15 is 0 Å². The summed E-state index contributed by atoms with van der Waals surface area (Å²) in [4.78, 5) is 27.4. The Balaban J connectivity index is 1.63. The molecule has 0 fully saturated rings. The molecule has 5 aromatic rings. The highest BCUT2D eigenvalue weighted by Crippen LogP contribution is 2.32. The number of esters is 1. The minimum Gasteiger partial charge on any atom is -0.494 e. The van der Waals surface area contributed by atoms with Crippen LogP contribution < -0.4 is 0 Å². The van der Waals surface area contributed by atoms with Crippen LogP contribution in [0.3, 0.4) is 0 Å². The van der Waals surface area contributed by atoms with Gasteiger partial charge in [-0.1, -0.05) is 36.4 Å². The summed E-state index contributed by atoms with van der Waals surface area (Å²) >= 11 is 0. The van der Waals surface area contributed by atoms with Crippen LogP contribution in [0.2, 0.25) is 0 Å². The number of fused-ring (bicyclic) bond motifs is 1. The molecule has 3 N–H and O–H groups in total. The molecule has 0 aliphatic carbocycles. The number of nitrogens with one attached hydrogen (secondary N) is 2. The first-order valence-electron chi connectivity index (χ1n) is 10.7. The summed E-state index contributed by atoms with van der Waals surface area (Å²) in [6.07, 6.45) is 1.79. The van der Waals surface area contributed by atoms with Gasteiger partial charge >= 0.3 is 5.97 Å².